The number of carbonyl (C=O) groups is 2. The molecule has 2 aromatic rings. The second-order valence-electron chi connectivity index (χ2n) is 6.23. The molecule has 0 spiro atoms. The highest BCUT2D eigenvalue weighted by Crippen LogP contribution is 2.36. The fraction of sp³-hybridized carbons (Fsp3) is 0.200. The van der Waals surface area contributed by atoms with Gasteiger partial charge in [0.25, 0.3) is 0 Å². The van der Waals surface area contributed by atoms with Crippen molar-refractivity contribution in [1.29, 1.82) is 0 Å². The lowest BCUT2D eigenvalue weighted by atomic mass is 9.97. The summed E-state index contributed by atoms with van der Waals surface area (Å²) in [6, 6.07) is 7.72. The zero-order valence-electron chi connectivity index (χ0n) is 15.1. The molecule has 1 atom stereocenters. The third-order valence-corrected chi connectivity index (χ3v) is 5.20. The Morgan fingerprint density at radius 1 is 1.34 bits per heavy atom. The summed E-state index contributed by atoms with van der Waals surface area (Å²) in [6.45, 7) is -0.127. The maximum atomic E-state index is 13.3. The second kappa shape index (κ2) is 9.39. The van der Waals surface area contributed by atoms with Gasteiger partial charge in [-0.3, -0.25) is 9.69 Å². The monoisotopic (exact) mass is 482 g/mol. The van der Waals surface area contributed by atoms with Crippen molar-refractivity contribution in [3.8, 4) is 5.75 Å². The molecular weight excluding hydrogens is 467 g/mol. The summed E-state index contributed by atoms with van der Waals surface area (Å²) < 4.78 is 19.2. The van der Waals surface area contributed by atoms with E-state index in [4.69, 9.17) is 21.4 Å². The van der Waals surface area contributed by atoms with Crippen LogP contribution in [0.4, 0.5) is 14.9 Å². The van der Waals surface area contributed by atoms with E-state index < -0.39 is 17.9 Å². The van der Waals surface area contributed by atoms with Gasteiger partial charge in [-0.05, 0) is 45.8 Å². The Kier molecular flexibility index (Phi) is 6.89. The molecule has 0 saturated carbocycles. The van der Waals surface area contributed by atoms with E-state index in [9.17, 15) is 14.0 Å². The van der Waals surface area contributed by atoms with Crippen LogP contribution >= 0.6 is 27.5 Å². The number of aliphatic hydroxyl groups excluding tert-OH is 1. The molecule has 3 rings (SSSR count). The van der Waals surface area contributed by atoms with Crippen LogP contribution in [0.5, 0.6) is 5.75 Å². The van der Waals surface area contributed by atoms with Crippen molar-refractivity contribution in [3.63, 3.8) is 0 Å². The molecule has 2 N–H and O–H groups in total. The van der Waals surface area contributed by atoms with Crippen molar-refractivity contribution >= 4 is 45.0 Å². The quantitative estimate of drug-likeness (QED) is 0.648. The molecule has 1 aliphatic rings. The summed E-state index contributed by atoms with van der Waals surface area (Å²) in [4.78, 5) is 26.2. The van der Waals surface area contributed by atoms with Crippen molar-refractivity contribution in [2.24, 2.45) is 0 Å². The Morgan fingerprint density at radius 2 is 2.07 bits per heavy atom. The van der Waals surface area contributed by atoms with Gasteiger partial charge in [0.1, 0.15) is 18.2 Å². The first-order valence-corrected chi connectivity index (χ1v) is 9.84. The Balaban J connectivity index is 1.85. The number of nitrogens with one attached hydrogen (secondary N) is 1. The van der Waals surface area contributed by atoms with E-state index in [0.717, 1.165) is 0 Å². The van der Waals surface area contributed by atoms with E-state index in [0.29, 0.717) is 26.5 Å². The number of ether oxygens (including phenoxy) is 1. The molecule has 9 heteroatoms. The van der Waals surface area contributed by atoms with Crippen molar-refractivity contribution < 1.29 is 23.8 Å². The zero-order valence-corrected chi connectivity index (χ0v) is 17.4. The Bertz CT molecular complexity index is 952. The number of amides is 2. The van der Waals surface area contributed by atoms with Gasteiger partial charge in [-0.25, -0.2) is 9.18 Å². The highest BCUT2D eigenvalue weighted by atomic mass is 79.9. The number of hydrogen-bond acceptors (Lipinski definition) is 4. The van der Waals surface area contributed by atoms with E-state index in [2.05, 4.69) is 21.2 Å². The van der Waals surface area contributed by atoms with Crippen LogP contribution in [0.15, 0.2) is 53.1 Å². The van der Waals surface area contributed by atoms with Crippen molar-refractivity contribution in [3.05, 3.63) is 69.6 Å². The fourth-order valence-electron chi connectivity index (χ4n) is 2.87. The molecule has 2 aromatic carbocycles. The number of ketones is 1. The Labute approximate surface area is 180 Å². The number of anilines is 1. The number of nitrogens with zero attached hydrogens (tertiary/aromatic N) is 1. The normalized spacial score (nSPS) is 16.1. The lowest BCUT2D eigenvalue weighted by Gasteiger charge is -2.31. The number of rotatable bonds is 5. The third kappa shape index (κ3) is 5.14. The number of halogens is 3. The van der Waals surface area contributed by atoms with Crippen LogP contribution in [-0.2, 0) is 4.79 Å². The van der Waals surface area contributed by atoms with Gasteiger partial charge in [0.05, 0.1) is 23.4 Å². The highest BCUT2D eigenvalue weighted by Gasteiger charge is 2.29. The van der Waals surface area contributed by atoms with E-state index in [1.807, 2.05) is 0 Å². The third-order valence-electron chi connectivity index (χ3n) is 4.25. The molecule has 0 aromatic heterocycles. The molecule has 0 saturated heterocycles. The molecule has 152 valence electrons. The van der Waals surface area contributed by atoms with Gasteiger partial charge in [0.2, 0.25) is 0 Å². The Hall–Kier alpha value is -2.42. The molecule has 2 amide bonds. The first-order valence-electron chi connectivity index (χ1n) is 8.67. The van der Waals surface area contributed by atoms with Crippen LogP contribution in [0.3, 0.4) is 0 Å². The number of allylic oxidation sites excluding steroid dienone is 1. The van der Waals surface area contributed by atoms with Crippen LogP contribution in [-0.4, -0.2) is 35.0 Å². The van der Waals surface area contributed by atoms with Gasteiger partial charge >= 0.3 is 6.03 Å². The number of benzene rings is 2. The molecular formula is C20H17BrClFN2O4. The largest absolute Gasteiger partial charge is 0.490 e. The lowest BCUT2D eigenvalue weighted by Crippen LogP contribution is -2.37. The number of hydrogen-bond donors (Lipinski definition) is 2. The topological polar surface area (TPSA) is 78.9 Å². The molecule has 0 radical (unpaired) electrons. The summed E-state index contributed by atoms with van der Waals surface area (Å²) >= 11 is 9.46. The van der Waals surface area contributed by atoms with Gasteiger partial charge < -0.3 is 15.2 Å². The molecule has 0 fully saturated rings. The minimum Gasteiger partial charge on any atom is -0.490 e. The summed E-state index contributed by atoms with van der Waals surface area (Å²) in [5, 5.41) is 12.0. The summed E-state index contributed by atoms with van der Waals surface area (Å²) in [5.41, 5.74) is 1.04. The van der Waals surface area contributed by atoms with Gasteiger partial charge in [-0.15, -0.1) is 0 Å². The van der Waals surface area contributed by atoms with Gasteiger partial charge in [0, 0.05) is 23.2 Å². The second-order valence-corrected chi connectivity index (χ2v) is 7.49. The summed E-state index contributed by atoms with van der Waals surface area (Å²) in [6.07, 6.45) is 2.82. The van der Waals surface area contributed by atoms with Crippen molar-refractivity contribution in [2.75, 3.05) is 18.5 Å². The number of aliphatic hydroxyl groups is 1. The van der Waals surface area contributed by atoms with E-state index in [-0.39, 0.29) is 25.4 Å². The molecule has 6 nitrogen and oxygen atoms in total. The SMILES string of the molecule is O=C1C=CN(C(=O)Nc2cc(OCCO)c(Cl)cc2Br)C(c2ccc(F)cc2)C1. The molecule has 0 bridgehead atoms. The first-order chi connectivity index (χ1) is 13.9. The highest BCUT2D eigenvalue weighted by molar-refractivity contribution is 9.10. The van der Waals surface area contributed by atoms with Crippen molar-refractivity contribution in [2.45, 2.75) is 12.5 Å². The lowest BCUT2D eigenvalue weighted by molar-refractivity contribution is -0.116. The molecule has 1 aliphatic heterocycles. The maximum absolute atomic E-state index is 13.3. The summed E-state index contributed by atoms with van der Waals surface area (Å²) in [7, 11) is 0. The van der Waals surface area contributed by atoms with Crippen LogP contribution in [0.1, 0.15) is 18.0 Å². The van der Waals surface area contributed by atoms with Crippen LogP contribution in [0.2, 0.25) is 5.02 Å². The van der Waals surface area contributed by atoms with Crippen molar-refractivity contribution in [1.82, 2.24) is 4.90 Å². The standard InChI is InChI=1S/C20H17BrClFN2O4/c21-15-10-16(22)19(29-8-7-26)11-17(15)24-20(28)25-6-5-14(27)9-18(25)12-1-3-13(23)4-2-12/h1-6,10-11,18,26H,7-9H2,(H,24,28). The molecule has 0 aliphatic carbocycles. The molecule has 1 unspecified atom stereocenters. The van der Waals surface area contributed by atoms with E-state index >= 15 is 0 Å². The van der Waals surface area contributed by atoms with Crippen LogP contribution in [0, 0.1) is 5.82 Å². The average Bonchev–Trinajstić information content (AvgIpc) is 2.69. The zero-order chi connectivity index (χ0) is 21.0. The smallest absolute Gasteiger partial charge is 0.326 e. The average molecular weight is 484 g/mol. The molecule has 1 heterocycles. The van der Waals surface area contributed by atoms with E-state index in [1.165, 1.54) is 35.4 Å². The molecule has 29 heavy (non-hydrogen) atoms. The Morgan fingerprint density at radius 3 is 2.76 bits per heavy atom. The maximum Gasteiger partial charge on any atom is 0.326 e. The van der Waals surface area contributed by atoms with Crippen LogP contribution in [0.25, 0.3) is 0 Å². The predicted octanol–water partition coefficient (Wildman–Crippen LogP) is 4.67. The minimum atomic E-state index is -0.565. The fourth-order valence-corrected chi connectivity index (χ4v) is 3.66. The first kappa shape index (κ1) is 21.3. The van der Waals surface area contributed by atoms with E-state index in [1.54, 1.807) is 18.2 Å². The van der Waals surface area contributed by atoms with Gasteiger partial charge in [-0.1, -0.05) is 23.7 Å². The van der Waals surface area contributed by atoms with Gasteiger partial charge in [0.15, 0.2) is 5.78 Å². The van der Waals surface area contributed by atoms with Crippen LogP contribution < -0.4 is 10.1 Å². The minimum absolute atomic E-state index is 0.0539. The van der Waals surface area contributed by atoms with Gasteiger partial charge in [-0.2, -0.15) is 0 Å². The summed E-state index contributed by atoms with van der Waals surface area (Å²) in [5.74, 6) is -0.225. The number of urea groups is 1. The predicted molar refractivity (Wildman–Crippen MR) is 110 cm³/mol. The number of carbonyl (C=O) groups excluding carboxylic acids is 2.